The van der Waals surface area contributed by atoms with Crippen LogP contribution in [-0.4, -0.2) is 17.8 Å². The van der Waals surface area contributed by atoms with Gasteiger partial charge in [-0.05, 0) is 43.7 Å². The standard InChI is InChI=1S/C17H14ClF2N3O3S2/c1-9-11(18)5-3-8-14(9)28(24,25)23-17-21-16(22-27-17)10(2)26-13-7-4-6-12(19)15(13)20/h3-8,10H,1-2H3,(H,21,22,23)/t10-/m1/s1. The second-order valence-electron chi connectivity index (χ2n) is 5.74. The van der Waals surface area contributed by atoms with Gasteiger partial charge >= 0.3 is 0 Å². The third-order valence-corrected chi connectivity index (χ3v) is 6.42. The highest BCUT2D eigenvalue weighted by molar-refractivity contribution is 7.93. The molecule has 0 aliphatic rings. The first-order chi connectivity index (χ1) is 13.2. The Bertz CT molecular complexity index is 1120. The number of hydrogen-bond acceptors (Lipinski definition) is 6. The second-order valence-corrected chi connectivity index (χ2v) is 8.55. The molecule has 1 aromatic heterocycles. The molecular weight excluding hydrogens is 432 g/mol. The summed E-state index contributed by atoms with van der Waals surface area (Å²) in [5, 5.41) is 0.324. The molecule has 0 unspecified atom stereocenters. The molecule has 3 rings (SSSR count). The summed E-state index contributed by atoms with van der Waals surface area (Å²) in [5.41, 5.74) is 0.402. The van der Waals surface area contributed by atoms with Gasteiger partial charge in [-0.25, -0.2) is 12.8 Å². The highest BCUT2D eigenvalue weighted by Gasteiger charge is 2.22. The maximum absolute atomic E-state index is 13.7. The largest absolute Gasteiger partial charge is 0.479 e. The summed E-state index contributed by atoms with van der Waals surface area (Å²) in [5.74, 6) is -2.34. The molecule has 0 aliphatic carbocycles. The van der Waals surface area contributed by atoms with Crippen LogP contribution in [0.3, 0.4) is 0 Å². The van der Waals surface area contributed by atoms with Crippen molar-refractivity contribution in [1.29, 1.82) is 0 Å². The fourth-order valence-corrected chi connectivity index (χ4v) is 4.68. The molecule has 0 aliphatic heterocycles. The Morgan fingerprint density at radius 2 is 1.93 bits per heavy atom. The van der Waals surface area contributed by atoms with Crippen molar-refractivity contribution >= 4 is 38.3 Å². The number of halogens is 3. The van der Waals surface area contributed by atoms with Crippen LogP contribution in [0.2, 0.25) is 5.02 Å². The lowest BCUT2D eigenvalue weighted by molar-refractivity contribution is 0.205. The molecule has 0 amide bonds. The number of sulfonamides is 1. The minimum Gasteiger partial charge on any atom is -0.479 e. The highest BCUT2D eigenvalue weighted by Crippen LogP contribution is 2.28. The van der Waals surface area contributed by atoms with Gasteiger partial charge in [0.2, 0.25) is 10.9 Å². The summed E-state index contributed by atoms with van der Waals surface area (Å²) in [7, 11) is -3.93. The molecule has 0 bridgehead atoms. The van der Waals surface area contributed by atoms with E-state index in [-0.39, 0.29) is 21.6 Å². The number of nitrogens with one attached hydrogen (secondary N) is 1. The van der Waals surface area contributed by atoms with E-state index in [1.54, 1.807) is 13.0 Å². The SMILES string of the molecule is Cc1c(Cl)cccc1S(=O)(=O)Nc1nc([C@@H](C)Oc2cccc(F)c2F)ns1. The van der Waals surface area contributed by atoms with E-state index >= 15 is 0 Å². The summed E-state index contributed by atoms with van der Waals surface area (Å²) in [6.07, 6.45) is -0.835. The van der Waals surface area contributed by atoms with Crippen LogP contribution in [0.1, 0.15) is 24.4 Å². The molecule has 11 heteroatoms. The molecule has 3 aromatic rings. The Morgan fingerprint density at radius 1 is 1.21 bits per heavy atom. The monoisotopic (exact) mass is 445 g/mol. The molecule has 0 saturated carbocycles. The van der Waals surface area contributed by atoms with Gasteiger partial charge in [-0.2, -0.15) is 13.7 Å². The van der Waals surface area contributed by atoms with Crippen molar-refractivity contribution in [3.63, 3.8) is 0 Å². The first kappa shape index (κ1) is 20.4. The number of aromatic nitrogens is 2. The van der Waals surface area contributed by atoms with Crippen molar-refractivity contribution in [2.75, 3.05) is 4.72 Å². The lowest BCUT2D eigenvalue weighted by Gasteiger charge is -2.12. The van der Waals surface area contributed by atoms with E-state index in [0.29, 0.717) is 10.6 Å². The number of nitrogens with zero attached hydrogens (tertiary/aromatic N) is 2. The average molecular weight is 446 g/mol. The van der Waals surface area contributed by atoms with Crippen LogP contribution in [0, 0.1) is 18.6 Å². The topological polar surface area (TPSA) is 81.2 Å². The number of rotatable bonds is 6. The summed E-state index contributed by atoms with van der Waals surface area (Å²) >= 11 is 6.77. The van der Waals surface area contributed by atoms with Crippen molar-refractivity contribution in [2.24, 2.45) is 0 Å². The van der Waals surface area contributed by atoms with Gasteiger partial charge in [-0.15, -0.1) is 0 Å². The first-order valence-corrected chi connectivity index (χ1v) is 10.5. The molecule has 6 nitrogen and oxygen atoms in total. The normalized spacial score (nSPS) is 12.6. The summed E-state index contributed by atoms with van der Waals surface area (Å²) < 4.78 is 63.8. The zero-order chi connectivity index (χ0) is 20.5. The molecule has 0 saturated heterocycles. The second kappa shape index (κ2) is 7.98. The van der Waals surface area contributed by atoms with Gasteiger partial charge in [0.25, 0.3) is 10.0 Å². The quantitative estimate of drug-likeness (QED) is 0.593. The van der Waals surface area contributed by atoms with Crippen LogP contribution in [0.4, 0.5) is 13.9 Å². The molecule has 0 fully saturated rings. The molecular formula is C17H14ClF2N3O3S2. The molecule has 28 heavy (non-hydrogen) atoms. The van der Waals surface area contributed by atoms with Crippen molar-refractivity contribution in [3.05, 3.63) is 64.4 Å². The summed E-state index contributed by atoms with van der Waals surface area (Å²) in [4.78, 5) is 4.08. The van der Waals surface area contributed by atoms with Crippen LogP contribution in [0.25, 0.3) is 0 Å². The Balaban J connectivity index is 1.78. The lowest BCUT2D eigenvalue weighted by Crippen LogP contribution is -2.14. The molecule has 0 radical (unpaired) electrons. The van der Waals surface area contributed by atoms with E-state index in [9.17, 15) is 17.2 Å². The minimum atomic E-state index is -3.93. The molecule has 1 N–H and O–H groups in total. The van der Waals surface area contributed by atoms with E-state index in [4.69, 9.17) is 16.3 Å². The minimum absolute atomic E-state index is 0.00420. The van der Waals surface area contributed by atoms with Gasteiger partial charge in [0.15, 0.2) is 23.5 Å². The van der Waals surface area contributed by atoms with Crippen molar-refractivity contribution in [2.45, 2.75) is 24.8 Å². The zero-order valence-corrected chi connectivity index (χ0v) is 17.0. The van der Waals surface area contributed by atoms with E-state index in [0.717, 1.165) is 17.6 Å². The fourth-order valence-electron chi connectivity index (χ4n) is 2.31. The molecule has 0 spiro atoms. The molecule has 1 atom stereocenters. The summed E-state index contributed by atoms with van der Waals surface area (Å²) in [6.45, 7) is 3.12. The zero-order valence-electron chi connectivity index (χ0n) is 14.6. The Morgan fingerprint density at radius 3 is 2.68 bits per heavy atom. The lowest BCUT2D eigenvalue weighted by atomic mass is 10.2. The number of anilines is 1. The molecule has 1 heterocycles. The van der Waals surface area contributed by atoms with E-state index in [1.807, 2.05) is 0 Å². The maximum atomic E-state index is 13.7. The fraction of sp³-hybridized carbons (Fsp3) is 0.176. The Labute approximate surface area is 169 Å². The number of hydrogen-bond donors (Lipinski definition) is 1. The van der Waals surface area contributed by atoms with Crippen molar-refractivity contribution in [1.82, 2.24) is 9.36 Å². The van der Waals surface area contributed by atoms with Gasteiger partial charge in [0.05, 0.1) is 4.90 Å². The van der Waals surface area contributed by atoms with E-state index < -0.39 is 27.8 Å². The van der Waals surface area contributed by atoms with Crippen LogP contribution in [0.5, 0.6) is 5.75 Å². The van der Waals surface area contributed by atoms with Crippen LogP contribution >= 0.6 is 23.1 Å². The van der Waals surface area contributed by atoms with Gasteiger partial charge in [-0.3, -0.25) is 4.72 Å². The van der Waals surface area contributed by atoms with Gasteiger partial charge in [-0.1, -0.05) is 23.7 Å². The Hall–Kier alpha value is -2.30. The first-order valence-electron chi connectivity index (χ1n) is 7.91. The molecule has 2 aromatic carbocycles. The smallest absolute Gasteiger partial charge is 0.264 e. The molecule has 148 valence electrons. The number of benzene rings is 2. The average Bonchev–Trinajstić information content (AvgIpc) is 3.09. The van der Waals surface area contributed by atoms with E-state index in [2.05, 4.69) is 14.1 Å². The van der Waals surface area contributed by atoms with Crippen LogP contribution < -0.4 is 9.46 Å². The predicted octanol–water partition coefficient (Wildman–Crippen LogP) is 4.72. The highest BCUT2D eigenvalue weighted by atomic mass is 35.5. The number of ether oxygens (including phenoxy) is 1. The van der Waals surface area contributed by atoms with Crippen molar-refractivity contribution < 1.29 is 21.9 Å². The Kier molecular flexibility index (Phi) is 5.82. The third kappa shape index (κ3) is 4.23. The van der Waals surface area contributed by atoms with Gasteiger partial charge in [0, 0.05) is 16.6 Å². The summed E-state index contributed by atoms with van der Waals surface area (Å²) in [6, 6.07) is 8.08. The van der Waals surface area contributed by atoms with Gasteiger partial charge < -0.3 is 4.74 Å². The predicted molar refractivity (Wildman–Crippen MR) is 102 cm³/mol. The van der Waals surface area contributed by atoms with E-state index in [1.165, 1.54) is 31.2 Å². The van der Waals surface area contributed by atoms with Crippen molar-refractivity contribution in [3.8, 4) is 5.75 Å². The van der Waals surface area contributed by atoms with Gasteiger partial charge in [0.1, 0.15) is 0 Å². The third-order valence-electron chi connectivity index (χ3n) is 3.75. The van der Waals surface area contributed by atoms with Crippen LogP contribution in [0.15, 0.2) is 41.3 Å². The van der Waals surface area contributed by atoms with Crippen LogP contribution in [-0.2, 0) is 10.0 Å². The maximum Gasteiger partial charge on any atom is 0.264 e.